The van der Waals surface area contributed by atoms with Gasteiger partial charge in [0.05, 0.1) is 31.4 Å². The van der Waals surface area contributed by atoms with E-state index in [4.69, 9.17) is 28.6 Å². The molecule has 2 saturated heterocycles. The number of nitrogens with one attached hydrogen (secondary N) is 3. The van der Waals surface area contributed by atoms with Crippen molar-refractivity contribution in [1.29, 1.82) is 0 Å². The number of unbranched alkanes of at least 4 members (excludes halogenated alkanes) is 1. The van der Waals surface area contributed by atoms with Gasteiger partial charge in [-0.1, -0.05) is 26.8 Å². The van der Waals surface area contributed by atoms with Crippen LogP contribution in [-0.2, 0) is 9.47 Å². The van der Waals surface area contributed by atoms with E-state index in [1.165, 1.54) is 0 Å². The molecule has 0 radical (unpaired) electrons. The number of hydrogen-bond donors (Lipinski definition) is 3. The SMILES string of the molecule is Cc1c(N[C@@H]2CCOC2)nc(-c2cccc(OCCCCOC(=O)NC(C)(C)C)c2O[Si](C)(C)C(C)(C)C)nc1N1CCNCC1. The molecule has 46 heavy (non-hydrogen) atoms. The number of amides is 1. The Labute approximate surface area is 276 Å². The van der Waals surface area contributed by atoms with E-state index in [0.717, 1.165) is 68.4 Å². The summed E-state index contributed by atoms with van der Waals surface area (Å²) in [5.74, 6) is 3.72. The molecule has 0 saturated carbocycles. The molecule has 0 bridgehead atoms. The average Bonchev–Trinajstić information content (AvgIpc) is 3.48. The number of anilines is 2. The minimum atomic E-state index is -2.28. The van der Waals surface area contributed by atoms with Gasteiger partial charge in [0.2, 0.25) is 0 Å². The van der Waals surface area contributed by atoms with Crippen LogP contribution in [0.1, 0.15) is 66.4 Å². The molecular weight excluding hydrogens is 600 g/mol. The van der Waals surface area contributed by atoms with Crippen molar-refractivity contribution in [3.63, 3.8) is 0 Å². The van der Waals surface area contributed by atoms with Crippen LogP contribution in [0, 0.1) is 6.92 Å². The van der Waals surface area contributed by atoms with Gasteiger partial charge < -0.3 is 39.5 Å². The van der Waals surface area contributed by atoms with Crippen molar-refractivity contribution >= 4 is 26.0 Å². The topological polar surface area (TPSA) is 119 Å². The maximum Gasteiger partial charge on any atom is 0.407 e. The summed E-state index contributed by atoms with van der Waals surface area (Å²) in [4.78, 5) is 24.7. The van der Waals surface area contributed by atoms with Crippen molar-refractivity contribution in [3.8, 4) is 22.9 Å². The molecule has 0 unspecified atom stereocenters. The summed E-state index contributed by atoms with van der Waals surface area (Å²) in [7, 11) is -2.28. The molecule has 3 N–H and O–H groups in total. The van der Waals surface area contributed by atoms with Gasteiger partial charge in [-0.05, 0) is 77.2 Å². The lowest BCUT2D eigenvalue weighted by atomic mass is 10.1. The molecule has 3 heterocycles. The molecule has 1 atom stereocenters. The van der Waals surface area contributed by atoms with Crippen molar-refractivity contribution in [2.24, 2.45) is 0 Å². The molecule has 2 aromatic rings. The highest BCUT2D eigenvalue weighted by atomic mass is 28.4. The second kappa shape index (κ2) is 15.2. The normalized spacial score (nSPS) is 17.5. The average molecular weight is 657 g/mol. The van der Waals surface area contributed by atoms with E-state index in [2.05, 4.69) is 61.6 Å². The molecule has 2 aliphatic heterocycles. The molecule has 256 valence electrons. The number of ether oxygens (including phenoxy) is 3. The smallest absolute Gasteiger partial charge is 0.407 e. The highest BCUT2D eigenvalue weighted by Gasteiger charge is 2.40. The fraction of sp³-hybridized carbons (Fsp3) is 0.676. The summed E-state index contributed by atoms with van der Waals surface area (Å²) in [5.41, 5.74) is 1.52. The number of hydrogen-bond acceptors (Lipinski definition) is 10. The van der Waals surface area contributed by atoms with Crippen molar-refractivity contribution in [2.75, 3.05) is 62.8 Å². The standard InChI is InChI=1S/C34H56N6O5Si/c1-24-29(36-25-15-22-42-23-25)37-30(38-31(24)40-18-16-35-17-19-40)26-13-12-14-27(28(26)45-46(8,9)34(5,6)7)43-20-10-11-21-44-32(41)39-33(2,3)4/h12-14,25,35H,10-11,15-23H2,1-9H3,(H,39,41)(H,36,37,38)/t25-/m1/s1. The van der Waals surface area contributed by atoms with Crippen LogP contribution in [0.5, 0.6) is 11.5 Å². The Kier molecular flexibility index (Phi) is 11.8. The Morgan fingerprint density at radius 1 is 1.09 bits per heavy atom. The number of rotatable bonds is 12. The summed E-state index contributed by atoms with van der Waals surface area (Å²) in [6.07, 6.45) is 1.94. The van der Waals surface area contributed by atoms with Gasteiger partial charge in [0, 0.05) is 43.9 Å². The maximum absolute atomic E-state index is 12.0. The number of alkyl carbamates (subject to hydrolysis) is 1. The van der Waals surface area contributed by atoms with Gasteiger partial charge in [0.1, 0.15) is 11.6 Å². The van der Waals surface area contributed by atoms with E-state index in [9.17, 15) is 4.79 Å². The zero-order valence-electron chi connectivity index (χ0n) is 29.5. The summed E-state index contributed by atoms with van der Waals surface area (Å²) in [6.45, 7) is 24.8. The predicted molar refractivity (Wildman–Crippen MR) is 187 cm³/mol. The number of nitrogens with zero attached hydrogens (tertiary/aromatic N) is 3. The first-order valence-electron chi connectivity index (χ1n) is 16.7. The molecule has 11 nitrogen and oxygen atoms in total. The van der Waals surface area contributed by atoms with E-state index in [1.807, 2.05) is 39.0 Å². The molecule has 4 rings (SSSR count). The van der Waals surface area contributed by atoms with E-state index in [1.54, 1.807) is 0 Å². The Morgan fingerprint density at radius 3 is 2.46 bits per heavy atom. The highest BCUT2D eigenvalue weighted by molar-refractivity contribution is 6.74. The van der Waals surface area contributed by atoms with Crippen LogP contribution >= 0.6 is 0 Å². The van der Waals surface area contributed by atoms with Crippen LogP contribution in [0.4, 0.5) is 16.4 Å². The summed E-state index contributed by atoms with van der Waals surface area (Å²) in [5, 5.41) is 9.89. The lowest BCUT2D eigenvalue weighted by Gasteiger charge is -2.37. The van der Waals surface area contributed by atoms with Gasteiger partial charge in [-0.25, -0.2) is 14.8 Å². The number of aromatic nitrogens is 2. The largest absolute Gasteiger partial charge is 0.541 e. The molecule has 2 fully saturated rings. The van der Waals surface area contributed by atoms with Crippen LogP contribution in [0.15, 0.2) is 18.2 Å². The zero-order valence-corrected chi connectivity index (χ0v) is 30.5. The summed E-state index contributed by atoms with van der Waals surface area (Å²) < 4.78 is 24.4. The van der Waals surface area contributed by atoms with Crippen molar-refractivity contribution < 1.29 is 23.4 Å². The first-order chi connectivity index (χ1) is 21.6. The molecule has 0 spiro atoms. The van der Waals surface area contributed by atoms with E-state index in [0.29, 0.717) is 43.6 Å². The molecule has 2 aliphatic rings. The minimum Gasteiger partial charge on any atom is -0.541 e. The van der Waals surface area contributed by atoms with Gasteiger partial charge in [0.25, 0.3) is 8.32 Å². The molecule has 0 aliphatic carbocycles. The van der Waals surface area contributed by atoms with Crippen molar-refractivity contribution in [3.05, 3.63) is 23.8 Å². The molecule has 1 aromatic carbocycles. The summed E-state index contributed by atoms with van der Waals surface area (Å²) in [6, 6.07) is 6.18. The second-order valence-electron chi connectivity index (χ2n) is 14.8. The highest BCUT2D eigenvalue weighted by Crippen LogP contribution is 2.45. The quantitative estimate of drug-likeness (QED) is 0.182. The predicted octanol–water partition coefficient (Wildman–Crippen LogP) is 6.13. The van der Waals surface area contributed by atoms with E-state index < -0.39 is 14.4 Å². The lowest BCUT2D eigenvalue weighted by Crippen LogP contribution is -2.44. The Hall–Kier alpha value is -3.09. The fourth-order valence-electron chi connectivity index (χ4n) is 5.00. The Balaban J connectivity index is 1.63. The number of piperazine rings is 1. The zero-order chi connectivity index (χ0) is 33.5. The van der Waals surface area contributed by atoms with Crippen LogP contribution in [0.3, 0.4) is 0 Å². The molecule has 12 heteroatoms. The van der Waals surface area contributed by atoms with Crippen LogP contribution < -0.4 is 30.0 Å². The number of carbonyl (C=O) groups is 1. The van der Waals surface area contributed by atoms with Crippen LogP contribution in [0.2, 0.25) is 18.1 Å². The van der Waals surface area contributed by atoms with Gasteiger partial charge >= 0.3 is 6.09 Å². The van der Waals surface area contributed by atoms with E-state index in [-0.39, 0.29) is 16.6 Å². The molecule has 1 amide bonds. The van der Waals surface area contributed by atoms with Gasteiger partial charge in [-0.3, -0.25) is 0 Å². The van der Waals surface area contributed by atoms with Crippen LogP contribution in [0.25, 0.3) is 11.4 Å². The number of para-hydroxylation sites is 1. The Morgan fingerprint density at radius 2 is 1.80 bits per heavy atom. The summed E-state index contributed by atoms with van der Waals surface area (Å²) >= 11 is 0. The van der Waals surface area contributed by atoms with Crippen LogP contribution in [-0.4, -0.2) is 88.6 Å². The van der Waals surface area contributed by atoms with Crippen molar-refractivity contribution in [1.82, 2.24) is 20.6 Å². The molecule has 1 aromatic heterocycles. The Bertz CT molecular complexity index is 1310. The number of carbonyl (C=O) groups excluding carboxylic acids is 1. The maximum atomic E-state index is 12.0. The first kappa shape index (κ1) is 35.8. The van der Waals surface area contributed by atoms with E-state index >= 15 is 0 Å². The van der Waals surface area contributed by atoms with Gasteiger partial charge in [-0.2, -0.15) is 0 Å². The van der Waals surface area contributed by atoms with Crippen molar-refractivity contribution in [2.45, 2.75) is 97.4 Å². The number of benzene rings is 1. The molecular formula is C34H56N6O5Si. The third kappa shape index (κ3) is 9.71. The second-order valence-corrected chi connectivity index (χ2v) is 19.6. The van der Waals surface area contributed by atoms with Gasteiger partial charge in [0.15, 0.2) is 17.3 Å². The monoisotopic (exact) mass is 656 g/mol. The third-order valence-electron chi connectivity index (χ3n) is 8.70. The third-order valence-corrected chi connectivity index (χ3v) is 13.0. The minimum absolute atomic E-state index is 0.0301. The lowest BCUT2D eigenvalue weighted by molar-refractivity contribution is 0.133. The first-order valence-corrected chi connectivity index (χ1v) is 19.6. The fourth-order valence-corrected chi connectivity index (χ4v) is 6.03. The van der Waals surface area contributed by atoms with Gasteiger partial charge in [-0.15, -0.1) is 0 Å².